The van der Waals surface area contributed by atoms with Crippen LogP contribution in [0.2, 0.25) is 0 Å². The fourth-order valence-corrected chi connectivity index (χ4v) is 1.98. The first-order valence-electron chi connectivity index (χ1n) is 5.16. The molecule has 5 nitrogen and oxygen atoms in total. The summed E-state index contributed by atoms with van der Waals surface area (Å²) in [6, 6.07) is -0.237. The molecule has 1 aliphatic rings. The summed E-state index contributed by atoms with van der Waals surface area (Å²) in [6.45, 7) is -0.0111. The number of carbonyl (C=O) groups is 2. The summed E-state index contributed by atoms with van der Waals surface area (Å²) in [5.74, 6) is -1.51. The molecular formula is C10H17NO4. The summed E-state index contributed by atoms with van der Waals surface area (Å²) in [6.07, 6.45) is 3.29. The zero-order chi connectivity index (χ0) is 11.3. The summed E-state index contributed by atoms with van der Waals surface area (Å²) in [5, 5.41) is 11.7. The summed E-state index contributed by atoms with van der Waals surface area (Å²) in [5.41, 5.74) is 0. The smallest absolute Gasteiger partial charge is 0.308 e. The molecule has 0 heterocycles. The fraction of sp³-hybridized carbons (Fsp3) is 0.800. The molecule has 1 amide bonds. The van der Waals surface area contributed by atoms with E-state index in [9.17, 15) is 9.59 Å². The van der Waals surface area contributed by atoms with Gasteiger partial charge in [0.05, 0.1) is 5.92 Å². The molecule has 2 atom stereocenters. The topological polar surface area (TPSA) is 75.6 Å². The predicted octanol–water partition coefficient (Wildman–Crippen LogP) is 0.392. The third-order valence-electron chi connectivity index (χ3n) is 2.70. The zero-order valence-corrected chi connectivity index (χ0v) is 8.86. The number of ether oxygens (including phenoxy) is 1. The first-order valence-corrected chi connectivity index (χ1v) is 5.16. The molecule has 0 saturated heterocycles. The number of aliphatic carboxylic acids is 1. The molecule has 0 aromatic heterocycles. The molecule has 0 unspecified atom stereocenters. The highest BCUT2D eigenvalue weighted by Gasteiger charge is 2.31. The molecule has 86 valence electrons. The van der Waals surface area contributed by atoms with Gasteiger partial charge in [-0.3, -0.25) is 9.59 Å². The van der Waals surface area contributed by atoms with Crippen LogP contribution >= 0.6 is 0 Å². The number of carbonyl (C=O) groups excluding carboxylic acids is 1. The average Bonchev–Trinajstić information content (AvgIpc) is 2.18. The molecule has 0 aliphatic heterocycles. The zero-order valence-electron chi connectivity index (χ0n) is 8.86. The standard InChI is InChI=1S/C10H17NO4/c1-15-6-9(12)11-8-5-3-2-4-7(8)10(13)14/h7-8H,2-6H2,1H3,(H,11,12)(H,13,14)/t7-,8-/m1/s1. The predicted molar refractivity (Wildman–Crippen MR) is 53.4 cm³/mol. The maximum Gasteiger partial charge on any atom is 0.308 e. The highest BCUT2D eigenvalue weighted by Crippen LogP contribution is 2.24. The van der Waals surface area contributed by atoms with Crippen molar-refractivity contribution in [1.82, 2.24) is 5.32 Å². The lowest BCUT2D eigenvalue weighted by Crippen LogP contribution is -2.46. The maximum absolute atomic E-state index is 11.3. The van der Waals surface area contributed by atoms with Crippen molar-refractivity contribution in [1.29, 1.82) is 0 Å². The van der Waals surface area contributed by atoms with Gasteiger partial charge in [-0.25, -0.2) is 0 Å². The van der Waals surface area contributed by atoms with Crippen molar-refractivity contribution in [2.45, 2.75) is 31.7 Å². The number of hydrogen-bond acceptors (Lipinski definition) is 3. The Morgan fingerprint density at radius 2 is 2.07 bits per heavy atom. The fourth-order valence-electron chi connectivity index (χ4n) is 1.98. The molecule has 0 bridgehead atoms. The van der Waals surface area contributed by atoms with Crippen LogP contribution in [0, 0.1) is 5.92 Å². The Kier molecular flexibility index (Phi) is 4.55. The van der Waals surface area contributed by atoms with E-state index >= 15 is 0 Å². The Balaban J connectivity index is 2.49. The highest BCUT2D eigenvalue weighted by atomic mass is 16.5. The number of hydrogen-bond donors (Lipinski definition) is 2. The van der Waals surface area contributed by atoms with Crippen molar-refractivity contribution < 1.29 is 19.4 Å². The van der Waals surface area contributed by atoms with Gasteiger partial charge >= 0.3 is 5.97 Å². The first kappa shape index (κ1) is 12.0. The number of carboxylic acid groups (broad SMARTS) is 1. The van der Waals surface area contributed by atoms with E-state index in [0.29, 0.717) is 6.42 Å². The van der Waals surface area contributed by atoms with E-state index in [1.165, 1.54) is 7.11 Å². The second-order valence-electron chi connectivity index (χ2n) is 3.84. The Morgan fingerprint density at radius 3 is 2.67 bits per heavy atom. The summed E-state index contributed by atoms with van der Waals surface area (Å²) in [7, 11) is 1.44. The second-order valence-corrected chi connectivity index (χ2v) is 3.84. The van der Waals surface area contributed by atoms with E-state index < -0.39 is 11.9 Å². The van der Waals surface area contributed by atoms with Gasteiger partial charge in [-0.1, -0.05) is 12.8 Å². The molecule has 0 aromatic carbocycles. The Labute approximate surface area is 88.8 Å². The van der Waals surface area contributed by atoms with Crippen LogP contribution in [0.3, 0.4) is 0 Å². The quantitative estimate of drug-likeness (QED) is 0.711. The molecule has 1 saturated carbocycles. The highest BCUT2D eigenvalue weighted by molar-refractivity contribution is 5.79. The number of methoxy groups -OCH3 is 1. The lowest BCUT2D eigenvalue weighted by molar-refractivity contribution is -0.144. The molecule has 1 aliphatic carbocycles. The van der Waals surface area contributed by atoms with Crippen LogP contribution in [0.25, 0.3) is 0 Å². The Hall–Kier alpha value is -1.10. The minimum atomic E-state index is -0.822. The molecule has 0 aromatic rings. The van der Waals surface area contributed by atoms with Crippen LogP contribution in [0.15, 0.2) is 0 Å². The van der Waals surface area contributed by atoms with Crippen LogP contribution in [0.5, 0.6) is 0 Å². The van der Waals surface area contributed by atoms with Crippen LogP contribution < -0.4 is 5.32 Å². The Morgan fingerprint density at radius 1 is 1.40 bits per heavy atom. The summed E-state index contributed by atoms with van der Waals surface area (Å²) < 4.78 is 4.68. The van der Waals surface area contributed by atoms with Gasteiger partial charge in [0, 0.05) is 13.2 Å². The van der Waals surface area contributed by atoms with Gasteiger partial charge in [0.1, 0.15) is 6.61 Å². The van der Waals surface area contributed by atoms with E-state index in [4.69, 9.17) is 5.11 Å². The second kappa shape index (κ2) is 5.70. The van der Waals surface area contributed by atoms with Gasteiger partial charge in [0.15, 0.2) is 0 Å². The van der Waals surface area contributed by atoms with Crippen molar-refractivity contribution in [2.75, 3.05) is 13.7 Å². The number of nitrogens with one attached hydrogen (secondary N) is 1. The monoisotopic (exact) mass is 215 g/mol. The molecule has 0 radical (unpaired) electrons. The number of carboxylic acids is 1. The summed E-state index contributed by atoms with van der Waals surface area (Å²) in [4.78, 5) is 22.2. The lowest BCUT2D eigenvalue weighted by Gasteiger charge is -2.29. The van der Waals surface area contributed by atoms with E-state index in [1.807, 2.05) is 0 Å². The van der Waals surface area contributed by atoms with E-state index in [0.717, 1.165) is 19.3 Å². The number of rotatable bonds is 4. The van der Waals surface area contributed by atoms with Crippen molar-refractivity contribution in [3.63, 3.8) is 0 Å². The lowest BCUT2D eigenvalue weighted by atomic mass is 9.84. The van der Waals surface area contributed by atoms with Gasteiger partial charge in [0.25, 0.3) is 0 Å². The average molecular weight is 215 g/mol. The largest absolute Gasteiger partial charge is 0.481 e. The van der Waals surface area contributed by atoms with Gasteiger partial charge in [0.2, 0.25) is 5.91 Å². The van der Waals surface area contributed by atoms with E-state index in [1.54, 1.807) is 0 Å². The molecule has 2 N–H and O–H groups in total. The molecular weight excluding hydrogens is 198 g/mol. The molecule has 1 fully saturated rings. The third-order valence-corrected chi connectivity index (χ3v) is 2.70. The van der Waals surface area contributed by atoms with Gasteiger partial charge in [-0.05, 0) is 12.8 Å². The van der Waals surface area contributed by atoms with Gasteiger partial charge in [-0.15, -0.1) is 0 Å². The maximum atomic E-state index is 11.3. The first-order chi connectivity index (χ1) is 7.15. The minimum Gasteiger partial charge on any atom is -0.481 e. The molecule has 15 heavy (non-hydrogen) atoms. The van der Waals surface area contributed by atoms with Gasteiger partial charge in [-0.2, -0.15) is 0 Å². The van der Waals surface area contributed by atoms with Crippen LogP contribution in [0.1, 0.15) is 25.7 Å². The third kappa shape index (κ3) is 3.51. The molecule has 0 spiro atoms. The van der Waals surface area contributed by atoms with Crippen LogP contribution in [0.4, 0.5) is 0 Å². The summed E-state index contributed by atoms with van der Waals surface area (Å²) >= 11 is 0. The van der Waals surface area contributed by atoms with Crippen LogP contribution in [-0.2, 0) is 14.3 Å². The SMILES string of the molecule is COCC(=O)N[C@@H]1CCCC[C@H]1C(=O)O. The van der Waals surface area contributed by atoms with Gasteiger partial charge < -0.3 is 15.2 Å². The minimum absolute atomic E-state index is 0.0111. The van der Waals surface area contributed by atoms with Crippen molar-refractivity contribution in [2.24, 2.45) is 5.92 Å². The number of amides is 1. The molecule has 1 rings (SSSR count). The van der Waals surface area contributed by atoms with Crippen molar-refractivity contribution in [3.8, 4) is 0 Å². The van der Waals surface area contributed by atoms with E-state index in [2.05, 4.69) is 10.1 Å². The molecule has 5 heteroatoms. The van der Waals surface area contributed by atoms with E-state index in [-0.39, 0.29) is 18.6 Å². The van der Waals surface area contributed by atoms with Crippen molar-refractivity contribution in [3.05, 3.63) is 0 Å². The van der Waals surface area contributed by atoms with Crippen LogP contribution in [-0.4, -0.2) is 36.7 Å². The normalized spacial score (nSPS) is 25.9. The van der Waals surface area contributed by atoms with Crippen molar-refractivity contribution >= 4 is 11.9 Å². The Bertz CT molecular complexity index is 242.